The van der Waals surface area contributed by atoms with E-state index in [1.807, 2.05) is 37.3 Å². The molecule has 2 aromatic carbocycles. The molecule has 4 rings (SSSR count). The van der Waals surface area contributed by atoms with E-state index in [9.17, 15) is 4.79 Å². The molecule has 1 N–H and O–H groups in total. The van der Waals surface area contributed by atoms with Gasteiger partial charge in [-0.25, -0.2) is 0 Å². The summed E-state index contributed by atoms with van der Waals surface area (Å²) in [6.45, 7) is 2.18. The van der Waals surface area contributed by atoms with Crippen molar-refractivity contribution in [3.05, 3.63) is 52.5 Å². The second kappa shape index (κ2) is 4.65. The Morgan fingerprint density at radius 2 is 2.05 bits per heavy atom. The van der Waals surface area contributed by atoms with Crippen LogP contribution in [0.4, 0.5) is 5.69 Å². The van der Waals surface area contributed by atoms with Crippen LogP contribution in [-0.4, -0.2) is 12.7 Å². The number of hydrogen-bond donors (Lipinski definition) is 1. The lowest BCUT2D eigenvalue weighted by Crippen LogP contribution is -2.33. The highest BCUT2D eigenvalue weighted by Gasteiger charge is 2.43. The number of nitrogens with one attached hydrogen (secondary N) is 1. The van der Waals surface area contributed by atoms with Gasteiger partial charge in [0.2, 0.25) is 12.7 Å². The van der Waals surface area contributed by atoms with Gasteiger partial charge in [-0.1, -0.05) is 29.8 Å². The minimum Gasteiger partial charge on any atom is -0.454 e. The van der Waals surface area contributed by atoms with E-state index in [-0.39, 0.29) is 12.7 Å². The molecule has 4 nitrogen and oxygen atoms in total. The molecule has 5 heteroatoms. The number of halogens is 1. The molecule has 2 heterocycles. The zero-order valence-electron chi connectivity index (χ0n) is 12.0. The standard InChI is InChI=1S/C17H14ClNO3/c1-17(8-10-5-6-13-14(7-10)22-9-21-13)11-3-2-4-12(18)15(11)19-16(17)20/h2-7H,8-9H2,1H3,(H,19,20). The number of carbonyl (C=O) groups is 1. The number of amides is 1. The fraction of sp³-hybridized carbons (Fsp3) is 0.235. The van der Waals surface area contributed by atoms with Gasteiger partial charge in [-0.2, -0.15) is 0 Å². The van der Waals surface area contributed by atoms with Crippen molar-refractivity contribution in [3.8, 4) is 11.5 Å². The Kier molecular flexibility index (Phi) is 2.84. The third kappa shape index (κ3) is 1.87. The smallest absolute Gasteiger partial charge is 0.235 e. The van der Waals surface area contributed by atoms with Gasteiger partial charge in [0.25, 0.3) is 0 Å². The number of para-hydroxylation sites is 1. The fourth-order valence-corrected chi connectivity index (χ4v) is 3.34. The van der Waals surface area contributed by atoms with Gasteiger partial charge in [0.15, 0.2) is 11.5 Å². The van der Waals surface area contributed by atoms with Crippen molar-refractivity contribution in [2.75, 3.05) is 12.1 Å². The lowest BCUT2D eigenvalue weighted by atomic mass is 9.78. The maximum absolute atomic E-state index is 12.5. The van der Waals surface area contributed by atoms with Gasteiger partial charge in [-0.15, -0.1) is 0 Å². The van der Waals surface area contributed by atoms with E-state index in [0.717, 1.165) is 28.3 Å². The Hall–Kier alpha value is -2.20. The molecule has 0 radical (unpaired) electrons. The number of rotatable bonds is 2. The van der Waals surface area contributed by atoms with Crippen molar-refractivity contribution in [1.29, 1.82) is 0 Å². The summed E-state index contributed by atoms with van der Waals surface area (Å²) in [5.41, 5.74) is 2.03. The summed E-state index contributed by atoms with van der Waals surface area (Å²) in [7, 11) is 0. The van der Waals surface area contributed by atoms with Crippen molar-refractivity contribution in [1.82, 2.24) is 0 Å². The number of fused-ring (bicyclic) bond motifs is 2. The van der Waals surface area contributed by atoms with Crippen LogP contribution in [0.2, 0.25) is 5.02 Å². The second-order valence-electron chi connectivity index (χ2n) is 5.81. The van der Waals surface area contributed by atoms with Gasteiger partial charge in [0.1, 0.15) is 0 Å². The van der Waals surface area contributed by atoms with E-state index >= 15 is 0 Å². The first-order chi connectivity index (χ1) is 10.6. The van der Waals surface area contributed by atoms with Crippen LogP contribution < -0.4 is 14.8 Å². The van der Waals surface area contributed by atoms with Gasteiger partial charge >= 0.3 is 0 Å². The monoisotopic (exact) mass is 315 g/mol. The molecular formula is C17H14ClNO3. The highest BCUT2D eigenvalue weighted by Crippen LogP contribution is 2.44. The maximum Gasteiger partial charge on any atom is 0.235 e. The zero-order chi connectivity index (χ0) is 15.3. The summed E-state index contributed by atoms with van der Waals surface area (Å²) in [5.74, 6) is 1.44. The molecule has 0 bridgehead atoms. The zero-order valence-corrected chi connectivity index (χ0v) is 12.7. The molecule has 2 aliphatic rings. The van der Waals surface area contributed by atoms with Crippen molar-refractivity contribution < 1.29 is 14.3 Å². The lowest BCUT2D eigenvalue weighted by molar-refractivity contribution is -0.120. The number of benzene rings is 2. The van der Waals surface area contributed by atoms with E-state index in [1.54, 1.807) is 6.07 Å². The average molecular weight is 316 g/mol. The first-order valence-electron chi connectivity index (χ1n) is 7.07. The first kappa shape index (κ1) is 13.5. The first-order valence-corrected chi connectivity index (χ1v) is 7.45. The second-order valence-corrected chi connectivity index (χ2v) is 6.22. The van der Waals surface area contributed by atoms with Gasteiger partial charge in [0.05, 0.1) is 16.1 Å². The van der Waals surface area contributed by atoms with Gasteiger partial charge in [0, 0.05) is 0 Å². The molecular weight excluding hydrogens is 302 g/mol. The normalized spacial score (nSPS) is 21.6. The quantitative estimate of drug-likeness (QED) is 0.922. The SMILES string of the molecule is CC1(Cc2ccc3c(c2)OCO3)C(=O)Nc2c(Cl)cccc21. The molecule has 2 aromatic rings. The fourth-order valence-electron chi connectivity index (χ4n) is 3.12. The molecule has 0 spiro atoms. The van der Waals surface area contributed by atoms with Crippen LogP contribution in [0.3, 0.4) is 0 Å². The molecule has 0 saturated carbocycles. The van der Waals surface area contributed by atoms with E-state index in [4.69, 9.17) is 21.1 Å². The minimum atomic E-state index is -0.645. The van der Waals surface area contributed by atoms with Crippen molar-refractivity contribution in [2.45, 2.75) is 18.8 Å². The highest BCUT2D eigenvalue weighted by molar-refractivity contribution is 6.34. The van der Waals surface area contributed by atoms with Crippen molar-refractivity contribution in [2.24, 2.45) is 0 Å². The molecule has 0 fully saturated rings. The maximum atomic E-state index is 12.5. The van der Waals surface area contributed by atoms with Crippen LogP contribution in [0.25, 0.3) is 0 Å². The molecule has 112 valence electrons. The van der Waals surface area contributed by atoms with Crippen molar-refractivity contribution in [3.63, 3.8) is 0 Å². The summed E-state index contributed by atoms with van der Waals surface area (Å²) in [6.07, 6.45) is 0.572. The molecule has 2 aliphatic heterocycles. The van der Waals surface area contributed by atoms with E-state index in [1.165, 1.54) is 0 Å². The molecule has 1 amide bonds. The number of hydrogen-bond acceptors (Lipinski definition) is 3. The third-order valence-corrected chi connectivity index (χ3v) is 4.66. The number of anilines is 1. The molecule has 1 atom stereocenters. The Morgan fingerprint density at radius 1 is 1.23 bits per heavy atom. The molecule has 1 unspecified atom stereocenters. The van der Waals surface area contributed by atoms with Gasteiger partial charge in [-0.3, -0.25) is 4.79 Å². The molecule has 0 aliphatic carbocycles. The Labute approximate surface area is 133 Å². The van der Waals surface area contributed by atoms with Gasteiger partial charge < -0.3 is 14.8 Å². The molecule has 0 saturated heterocycles. The van der Waals surface area contributed by atoms with Crippen LogP contribution in [0.15, 0.2) is 36.4 Å². The topological polar surface area (TPSA) is 47.6 Å². The Balaban J connectivity index is 1.73. The average Bonchev–Trinajstić information content (AvgIpc) is 3.05. The number of ether oxygens (including phenoxy) is 2. The Bertz CT molecular complexity index is 789. The van der Waals surface area contributed by atoms with Crippen LogP contribution in [-0.2, 0) is 16.6 Å². The Morgan fingerprint density at radius 3 is 2.91 bits per heavy atom. The highest BCUT2D eigenvalue weighted by atomic mass is 35.5. The third-order valence-electron chi connectivity index (χ3n) is 4.34. The summed E-state index contributed by atoms with van der Waals surface area (Å²) in [5, 5.41) is 3.47. The van der Waals surface area contributed by atoms with Crippen LogP contribution in [0, 0.1) is 0 Å². The van der Waals surface area contributed by atoms with Crippen LogP contribution >= 0.6 is 11.6 Å². The largest absolute Gasteiger partial charge is 0.454 e. The van der Waals surface area contributed by atoms with E-state index in [0.29, 0.717) is 11.4 Å². The van der Waals surface area contributed by atoms with E-state index < -0.39 is 5.41 Å². The predicted octanol–water partition coefficient (Wildman–Crippen LogP) is 3.52. The summed E-state index contributed by atoms with van der Waals surface area (Å²) in [6, 6.07) is 11.4. The van der Waals surface area contributed by atoms with Crippen molar-refractivity contribution >= 4 is 23.2 Å². The minimum absolute atomic E-state index is 0.0340. The summed E-state index contributed by atoms with van der Waals surface area (Å²) >= 11 is 6.19. The summed E-state index contributed by atoms with van der Waals surface area (Å²) in [4.78, 5) is 12.5. The number of carbonyl (C=O) groups excluding carboxylic acids is 1. The summed E-state index contributed by atoms with van der Waals surface area (Å²) < 4.78 is 10.7. The predicted molar refractivity (Wildman–Crippen MR) is 83.7 cm³/mol. The van der Waals surface area contributed by atoms with Crippen LogP contribution in [0.1, 0.15) is 18.1 Å². The lowest BCUT2D eigenvalue weighted by Gasteiger charge is -2.22. The van der Waals surface area contributed by atoms with E-state index in [2.05, 4.69) is 5.32 Å². The molecule has 0 aromatic heterocycles. The van der Waals surface area contributed by atoms with Gasteiger partial charge in [-0.05, 0) is 42.7 Å². The van der Waals surface area contributed by atoms with Crippen LogP contribution in [0.5, 0.6) is 11.5 Å². The molecule has 22 heavy (non-hydrogen) atoms.